The second-order valence-electron chi connectivity index (χ2n) is 5.44. The first-order valence-corrected chi connectivity index (χ1v) is 7.98. The van der Waals surface area contributed by atoms with Gasteiger partial charge in [-0.3, -0.25) is 4.79 Å². The van der Waals surface area contributed by atoms with Gasteiger partial charge in [-0.1, -0.05) is 0 Å². The molecule has 3 N–H and O–H groups in total. The van der Waals surface area contributed by atoms with Crippen LogP contribution in [0.5, 0.6) is 0 Å². The minimum absolute atomic E-state index is 0.0285. The van der Waals surface area contributed by atoms with Crippen LogP contribution < -0.4 is 0 Å². The molecule has 6 nitrogen and oxygen atoms in total. The summed E-state index contributed by atoms with van der Waals surface area (Å²) < 4.78 is 10.1. The molecule has 0 spiro atoms. The van der Waals surface area contributed by atoms with E-state index in [2.05, 4.69) is 0 Å². The molecule has 0 saturated carbocycles. The summed E-state index contributed by atoms with van der Waals surface area (Å²) in [6.45, 7) is 5.32. The third kappa shape index (κ3) is 4.36. The molecule has 0 aromatic carbocycles. The molecule has 1 aliphatic rings. The van der Waals surface area contributed by atoms with Crippen molar-refractivity contribution >= 4 is 14.6 Å². The van der Waals surface area contributed by atoms with Crippen molar-refractivity contribution < 1.29 is 29.6 Å². The molecule has 1 heterocycles. The molecule has 0 aromatic rings. The molecule has 112 valence electrons. The number of rotatable bonds is 6. The molecule has 1 fully saturated rings. The molecule has 0 aromatic heterocycles. The SMILES string of the molecule is CPCC(C)(C)C(=O)OCC(O)C1OCC(O)C1O. The van der Waals surface area contributed by atoms with Gasteiger partial charge in [-0.25, -0.2) is 0 Å². The fourth-order valence-electron chi connectivity index (χ4n) is 1.93. The van der Waals surface area contributed by atoms with Gasteiger partial charge in [0.2, 0.25) is 0 Å². The van der Waals surface area contributed by atoms with Crippen LogP contribution in [0, 0.1) is 5.41 Å². The van der Waals surface area contributed by atoms with Gasteiger partial charge in [-0.2, -0.15) is 0 Å². The van der Waals surface area contributed by atoms with E-state index in [0.717, 1.165) is 6.16 Å². The maximum absolute atomic E-state index is 11.8. The average Bonchev–Trinajstić information content (AvgIpc) is 2.66. The molecular formula is C12H23O6P. The van der Waals surface area contributed by atoms with Gasteiger partial charge in [-0.15, -0.1) is 8.58 Å². The van der Waals surface area contributed by atoms with E-state index in [1.807, 2.05) is 6.66 Å². The first-order valence-electron chi connectivity index (χ1n) is 6.27. The number of aliphatic hydroxyl groups excluding tert-OH is 3. The van der Waals surface area contributed by atoms with Crippen molar-refractivity contribution in [2.45, 2.75) is 38.3 Å². The van der Waals surface area contributed by atoms with E-state index in [1.165, 1.54) is 0 Å². The minimum atomic E-state index is -1.15. The van der Waals surface area contributed by atoms with E-state index in [9.17, 15) is 20.1 Å². The lowest BCUT2D eigenvalue weighted by molar-refractivity contribution is -0.159. The van der Waals surface area contributed by atoms with Crippen molar-refractivity contribution in [3.8, 4) is 0 Å². The van der Waals surface area contributed by atoms with Gasteiger partial charge >= 0.3 is 5.97 Å². The molecule has 19 heavy (non-hydrogen) atoms. The van der Waals surface area contributed by atoms with Gasteiger partial charge < -0.3 is 24.8 Å². The van der Waals surface area contributed by atoms with Gasteiger partial charge in [0, 0.05) is 0 Å². The lowest BCUT2D eigenvalue weighted by Crippen LogP contribution is -2.42. The zero-order valence-corrected chi connectivity index (χ0v) is 12.5. The number of hydrogen-bond donors (Lipinski definition) is 3. The molecule has 0 radical (unpaired) electrons. The van der Waals surface area contributed by atoms with Crippen LogP contribution >= 0.6 is 8.58 Å². The van der Waals surface area contributed by atoms with E-state index in [0.29, 0.717) is 8.58 Å². The van der Waals surface area contributed by atoms with Gasteiger partial charge in [0.05, 0.1) is 12.0 Å². The zero-order chi connectivity index (χ0) is 14.6. The predicted molar refractivity (Wildman–Crippen MR) is 71.6 cm³/mol. The summed E-state index contributed by atoms with van der Waals surface area (Å²) in [5, 5.41) is 28.7. The average molecular weight is 294 g/mol. The number of hydrogen-bond acceptors (Lipinski definition) is 6. The predicted octanol–water partition coefficient (Wildman–Crippen LogP) is -0.654. The second-order valence-corrected chi connectivity index (χ2v) is 6.50. The van der Waals surface area contributed by atoms with Crippen molar-refractivity contribution in [3.63, 3.8) is 0 Å². The Morgan fingerprint density at radius 3 is 2.63 bits per heavy atom. The summed E-state index contributed by atoms with van der Waals surface area (Å²) >= 11 is 0. The molecule has 0 aliphatic carbocycles. The molecule has 1 rings (SSSR count). The number of esters is 1. The fraction of sp³-hybridized carbons (Fsp3) is 0.917. The highest BCUT2D eigenvalue weighted by atomic mass is 31.1. The van der Waals surface area contributed by atoms with Crippen LogP contribution in [0.15, 0.2) is 0 Å². The largest absolute Gasteiger partial charge is 0.462 e. The van der Waals surface area contributed by atoms with Crippen LogP contribution in [0.4, 0.5) is 0 Å². The maximum Gasteiger partial charge on any atom is 0.311 e. The molecule has 5 atom stereocenters. The maximum atomic E-state index is 11.8. The Kier molecular flexibility index (Phi) is 6.15. The lowest BCUT2D eigenvalue weighted by Gasteiger charge is -2.25. The van der Waals surface area contributed by atoms with E-state index in [4.69, 9.17) is 9.47 Å². The smallest absolute Gasteiger partial charge is 0.311 e. The van der Waals surface area contributed by atoms with Crippen molar-refractivity contribution in [2.75, 3.05) is 26.0 Å². The van der Waals surface area contributed by atoms with Crippen LogP contribution in [0.1, 0.15) is 13.8 Å². The summed E-state index contributed by atoms with van der Waals surface area (Å²) in [6, 6.07) is 0. The normalized spacial score (nSPS) is 29.9. The summed E-state index contributed by atoms with van der Waals surface area (Å²) in [7, 11) is 0.638. The molecule has 1 aliphatic heterocycles. The lowest BCUT2D eigenvalue weighted by atomic mass is 9.97. The van der Waals surface area contributed by atoms with Crippen LogP contribution in [0.2, 0.25) is 0 Å². The van der Waals surface area contributed by atoms with E-state index in [1.54, 1.807) is 13.8 Å². The quantitative estimate of drug-likeness (QED) is 0.445. The number of carbonyl (C=O) groups is 1. The molecule has 5 unspecified atom stereocenters. The Hall–Kier alpha value is -0.260. The molecule has 0 amide bonds. The number of aliphatic hydroxyl groups is 3. The Bertz CT molecular complexity index is 309. The first kappa shape index (κ1) is 16.8. The summed E-state index contributed by atoms with van der Waals surface area (Å²) in [6.07, 6.45) is -3.50. The highest BCUT2D eigenvalue weighted by molar-refractivity contribution is 7.37. The fourth-order valence-corrected chi connectivity index (χ4v) is 2.96. The van der Waals surface area contributed by atoms with Gasteiger partial charge in [0.25, 0.3) is 0 Å². The van der Waals surface area contributed by atoms with Crippen LogP contribution in [0.25, 0.3) is 0 Å². The summed E-state index contributed by atoms with van der Waals surface area (Å²) in [5.74, 6) is -0.381. The number of ether oxygens (including phenoxy) is 2. The zero-order valence-electron chi connectivity index (χ0n) is 11.5. The van der Waals surface area contributed by atoms with Crippen molar-refractivity contribution in [3.05, 3.63) is 0 Å². The molecule has 7 heteroatoms. The van der Waals surface area contributed by atoms with E-state index < -0.39 is 29.8 Å². The highest BCUT2D eigenvalue weighted by Crippen LogP contribution is 2.25. The van der Waals surface area contributed by atoms with E-state index in [-0.39, 0.29) is 19.2 Å². The Labute approximate surface area is 114 Å². The molecule has 1 saturated heterocycles. The Balaban J connectivity index is 2.42. The van der Waals surface area contributed by atoms with E-state index >= 15 is 0 Å². The number of carbonyl (C=O) groups excluding carboxylic acids is 1. The Morgan fingerprint density at radius 1 is 1.53 bits per heavy atom. The summed E-state index contributed by atoms with van der Waals surface area (Å²) in [5.41, 5.74) is -0.582. The monoisotopic (exact) mass is 294 g/mol. The third-order valence-corrected chi connectivity index (χ3v) is 4.36. The minimum Gasteiger partial charge on any atom is -0.462 e. The summed E-state index contributed by atoms with van der Waals surface area (Å²) in [4.78, 5) is 11.8. The van der Waals surface area contributed by atoms with Gasteiger partial charge in [-0.05, 0) is 26.7 Å². The van der Waals surface area contributed by atoms with Crippen LogP contribution in [-0.2, 0) is 14.3 Å². The highest BCUT2D eigenvalue weighted by Gasteiger charge is 2.40. The van der Waals surface area contributed by atoms with Crippen molar-refractivity contribution in [2.24, 2.45) is 5.41 Å². The van der Waals surface area contributed by atoms with Crippen molar-refractivity contribution in [1.29, 1.82) is 0 Å². The van der Waals surface area contributed by atoms with Gasteiger partial charge in [0.1, 0.15) is 31.0 Å². The van der Waals surface area contributed by atoms with Crippen molar-refractivity contribution in [1.82, 2.24) is 0 Å². The molecule has 0 bridgehead atoms. The van der Waals surface area contributed by atoms with Gasteiger partial charge in [0.15, 0.2) is 0 Å². The van der Waals surface area contributed by atoms with Crippen LogP contribution in [-0.4, -0.2) is 71.7 Å². The standard InChI is InChI=1S/C12H23O6P/c1-12(2,6-19-3)11(16)18-5-8(14)10-9(15)7(13)4-17-10/h7-10,13-15,19H,4-6H2,1-3H3. The second kappa shape index (κ2) is 6.95. The Morgan fingerprint density at radius 2 is 2.16 bits per heavy atom. The third-order valence-electron chi connectivity index (χ3n) is 3.13. The topological polar surface area (TPSA) is 96.2 Å². The molecular weight excluding hydrogens is 271 g/mol. The van der Waals surface area contributed by atoms with Crippen LogP contribution in [0.3, 0.4) is 0 Å². The first-order chi connectivity index (χ1) is 8.79.